The second-order valence-electron chi connectivity index (χ2n) is 6.66. The van der Waals surface area contributed by atoms with Gasteiger partial charge in [-0.2, -0.15) is 13.2 Å². The lowest BCUT2D eigenvalue weighted by atomic mass is 10.0. The van der Waals surface area contributed by atoms with Crippen LogP contribution in [-0.4, -0.2) is 22.4 Å². The van der Waals surface area contributed by atoms with Crippen LogP contribution >= 0.6 is 0 Å². The number of carbonyl (C=O) groups is 1. The number of anilines is 3. The van der Waals surface area contributed by atoms with Gasteiger partial charge in [-0.3, -0.25) is 4.79 Å². The van der Waals surface area contributed by atoms with Crippen LogP contribution in [0.2, 0.25) is 0 Å². The van der Waals surface area contributed by atoms with Gasteiger partial charge in [-0.05, 0) is 48.7 Å². The molecule has 3 aromatic rings. The lowest BCUT2D eigenvalue weighted by Crippen LogP contribution is -2.27. The van der Waals surface area contributed by atoms with Gasteiger partial charge in [0.05, 0.1) is 5.56 Å². The van der Waals surface area contributed by atoms with E-state index in [9.17, 15) is 18.0 Å². The van der Waals surface area contributed by atoms with Crippen molar-refractivity contribution in [3.63, 3.8) is 0 Å². The highest BCUT2D eigenvalue weighted by atomic mass is 19.4. The van der Waals surface area contributed by atoms with Gasteiger partial charge < -0.3 is 10.2 Å². The van der Waals surface area contributed by atoms with E-state index >= 15 is 0 Å². The molecule has 29 heavy (non-hydrogen) atoms. The molecule has 1 aliphatic rings. The standard InChI is InChI=1S/C21H17F3N4O/c22-21(23,24)15-7-3-8-16(13-15)26-19(29)17-10-11-25-20(27-17)28-12-4-6-14-5-1-2-9-18(14)28/h1-3,5,7-11,13H,4,6,12H2,(H,26,29). The normalized spacial score (nSPS) is 13.7. The van der Waals surface area contributed by atoms with E-state index < -0.39 is 17.6 Å². The summed E-state index contributed by atoms with van der Waals surface area (Å²) >= 11 is 0. The Balaban J connectivity index is 1.58. The Labute approximate surface area is 165 Å². The molecular formula is C21H17F3N4O. The number of halogens is 3. The van der Waals surface area contributed by atoms with Crippen LogP contribution in [0.4, 0.5) is 30.5 Å². The zero-order valence-corrected chi connectivity index (χ0v) is 15.3. The van der Waals surface area contributed by atoms with Crippen molar-refractivity contribution >= 4 is 23.2 Å². The lowest BCUT2D eigenvalue weighted by Gasteiger charge is -2.29. The van der Waals surface area contributed by atoms with Crippen LogP contribution in [0.5, 0.6) is 0 Å². The quantitative estimate of drug-likeness (QED) is 0.687. The monoisotopic (exact) mass is 398 g/mol. The number of benzene rings is 2. The number of nitrogens with one attached hydrogen (secondary N) is 1. The number of hydrogen-bond donors (Lipinski definition) is 1. The number of nitrogens with zero attached hydrogens (tertiary/aromatic N) is 3. The maximum Gasteiger partial charge on any atom is 0.416 e. The Kier molecular flexibility index (Phi) is 4.92. The second-order valence-corrected chi connectivity index (χ2v) is 6.66. The molecule has 8 heteroatoms. The van der Waals surface area contributed by atoms with Gasteiger partial charge >= 0.3 is 6.18 Å². The zero-order valence-electron chi connectivity index (χ0n) is 15.3. The SMILES string of the molecule is O=C(Nc1cccc(C(F)(F)F)c1)c1ccnc(N2CCCc3ccccc32)n1. The molecule has 2 heterocycles. The van der Waals surface area contributed by atoms with Crippen LogP contribution < -0.4 is 10.2 Å². The van der Waals surface area contributed by atoms with E-state index in [1.165, 1.54) is 30.0 Å². The first-order valence-electron chi connectivity index (χ1n) is 9.09. The highest BCUT2D eigenvalue weighted by Gasteiger charge is 2.30. The predicted molar refractivity (Wildman–Crippen MR) is 103 cm³/mol. The Morgan fingerprint density at radius 1 is 1.07 bits per heavy atom. The number of para-hydroxylation sites is 1. The van der Waals surface area contributed by atoms with E-state index in [1.807, 2.05) is 29.2 Å². The zero-order chi connectivity index (χ0) is 20.4. The Hall–Kier alpha value is -3.42. The van der Waals surface area contributed by atoms with Crippen molar-refractivity contribution in [2.24, 2.45) is 0 Å². The van der Waals surface area contributed by atoms with E-state index in [0.29, 0.717) is 5.95 Å². The number of alkyl halides is 3. The molecule has 0 saturated heterocycles. The van der Waals surface area contributed by atoms with Crippen LogP contribution in [0, 0.1) is 0 Å². The van der Waals surface area contributed by atoms with E-state index in [2.05, 4.69) is 15.3 Å². The fourth-order valence-corrected chi connectivity index (χ4v) is 3.31. The van der Waals surface area contributed by atoms with E-state index in [-0.39, 0.29) is 11.4 Å². The van der Waals surface area contributed by atoms with Crippen molar-refractivity contribution in [1.29, 1.82) is 0 Å². The third-order valence-corrected chi connectivity index (χ3v) is 4.67. The number of aryl methyl sites for hydroxylation is 1. The molecule has 0 atom stereocenters. The number of rotatable bonds is 3. The molecule has 2 aromatic carbocycles. The first kappa shape index (κ1) is 18.9. The molecule has 1 amide bonds. The van der Waals surface area contributed by atoms with Gasteiger partial charge in [0.2, 0.25) is 5.95 Å². The summed E-state index contributed by atoms with van der Waals surface area (Å²) in [6, 6.07) is 13.8. The van der Waals surface area contributed by atoms with Crippen molar-refractivity contribution in [1.82, 2.24) is 9.97 Å². The fourth-order valence-electron chi connectivity index (χ4n) is 3.31. The minimum absolute atomic E-state index is 0.0494. The van der Waals surface area contributed by atoms with Crippen LogP contribution in [0.15, 0.2) is 60.8 Å². The first-order chi connectivity index (χ1) is 13.9. The molecule has 1 N–H and O–H groups in total. The van der Waals surface area contributed by atoms with Crippen LogP contribution in [0.1, 0.15) is 28.0 Å². The second kappa shape index (κ2) is 7.54. The summed E-state index contributed by atoms with van der Waals surface area (Å²) in [7, 11) is 0. The van der Waals surface area contributed by atoms with Crippen molar-refractivity contribution in [2.75, 3.05) is 16.8 Å². The largest absolute Gasteiger partial charge is 0.416 e. The number of aromatic nitrogens is 2. The Bertz CT molecular complexity index is 1050. The van der Waals surface area contributed by atoms with Gasteiger partial charge in [-0.1, -0.05) is 24.3 Å². The topological polar surface area (TPSA) is 58.1 Å². The highest BCUT2D eigenvalue weighted by molar-refractivity contribution is 6.03. The summed E-state index contributed by atoms with van der Waals surface area (Å²) in [6.45, 7) is 0.718. The molecule has 0 saturated carbocycles. The molecule has 0 radical (unpaired) electrons. The van der Waals surface area contributed by atoms with Gasteiger partial charge in [0.25, 0.3) is 5.91 Å². The molecule has 0 spiro atoms. The summed E-state index contributed by atoms with van der Waals surface area (Å²) < 4.78 is 38.6. The predicted octanol–water partition coefficient (Wildman–Crippen LogP) is 4.83. The molecule has 0 unspecified atom stereocenters. The van der Waals surface area contributed by atoms with Gasteiger partial charge in [0, 0.05) is 24.1 Å². The lowest BCUT2D eigenvalue weighted by molar-refractivity contribution is -0.137. The minimum atomic E-state index is -4.48. The van der Waals surface area contributed by atoms with Gasteiger partial charge in [0.1, 0.15) is 5.69 Å². The van der Waals surface area contributed by atoms with Crippen molar-refractivity contribution in [3.8, 4) is 0 Å². The molecule has 5 nitrogen and oxygen atoms in total. The number of carbonyl (C=O) groups excluding carboxylic acids is 1. The average molecular weight is 398 g/mol. The molecule has 1 aromatic heterocycles. The maximum absolute atomic E-state index is 12.9. The maximum atomic E-state index is 12.9. The summed E-state index contributed by atoms with van der Waals surface area (Å²) in [6.07, 6.45) is -1.12. The van der Waals surface area contributed by atoms with E-state index in [0.717, 1.165) is 37.2 Å². The summed E-state index contributed by atoms with van der Waals surface area (Å²) in [5.41, 5.74) is 1.47. The highest BCUT2D eigenvalue weighted by Crippen LogP contribution is 2.32. The minimum Gasteiger partial charge on any atom is -0.321 e. The van der Waals surface area contributed by atoms with Crippen LogP contribution in [-0.2, 0) is 12.6 Å². The van der Waals surface area contributed by atoms with Gasteiger partial charge in [0.15, 0.2) is 0 Å². The summed E-state index contributed by atoms with van der Waals surface area (Å²) in [4.78, 5) is 23.1. The number of amides is 1. The molecule has 1 aliphatic heterocycles. The molecule has 0 aliphatic carbocycles. The third-order valence-electron chi connectivity index (χ3n) is 4.67. The summed E-state index contributed by atoms with van der Waals surface area (Å²) in [5.74, 6) is -0.216. The Morgan fingerprint density at radius 2 is 1.90 bits per heavy atom. The van der Waals surface area contributed by atoms with Crippen LogP contribution in [0.3, 0.4) is 0 Å². The Morgan fingerprint density at radius 3 is 2.72 bits per heavy atom. The molecule has 4 rings (SSSR count). The first-order valence-corrected chi connectivity index (χ1v) is 9.09. The number of fused-ring (bicyclic) bond motifs is 1. The molecule has 0 bridgehead atoms. The smallest absolute Gasteiger partial charge is 0.321 e. The fraction of sp³-hybridized carbons (Fsp3) is 0.190. The molecular weight excluding hydrogens is 381 g/mol. The third kappa shape index (κ3) is 4.06. The van der Waals surface area contributed by atoms with Crippen LogP contribution in [0.25, 0.3) is 0 Å². The number of hydrogen-bond acceptors (Lipinski definition) is 4. The van der Waals surface area contributed by atoms with E-state index in [1.54, 1.807) is 0 Å². The molecule has 0 fully saturated rings. The van der Waals surface area contributed by atoms with E-state index in [4.69, 9.17) is 0 Å². The average Bonchev–Trinajstić information content (AvgIpc) is 2.73. The summed E-state index contributed by atoms with van der Waals surface area (Å²) in [5, 5.41) is 2.47. The molecule has 148 valence electrons. The van der Waals surface area contributed by atoms with Crippen molar-refractivity contribution in [3.05, 3.63) is 77.6 Å². The van der Waals surface area contributed by atoms with Gasteiger partial charge in [-0.25, -0.2) is 9.97 Å². The van der Waals surface area contributed by atoms with Gasteiger partial charge in [-0.15, -0.1) is 0 Å². The van der Waals surface area contributed by atoms with Crippen molar-refractivity contribution in [2.45, 2.75) is 19.0 Å². The van der Waals surface area contributed by atoms with Crippen molar-refractivity contribution < 1.29 is 18.0 Å².